The van der Waals surface area contributed by atoms with E-state index in [1.54, 1.807) is 30.4 Å². The average Bonchev–Trinajstić information content (AvgIpc) is 2.32. The zero-order valence-electron chi connectivity index (χ0n) is 9.01. The van der Waals surface area contributed by atoms with E-state index in [1.165, 1.54) is 6.20 Å². The summed E-state index contributed by atoms with van der Waals surface area (Å²) in [5.41, 5.74) is 1.19. The summed E-state index contributed by atoms with van der Waals surface area (Å²) in [4.78, 5) is 7.40. The van der Waals surface area contributed by atoms with Crippen LogP contribution in [0.4, 0.5) is 0 Å². The van der Waals surface area contributed by atoms with Crippen LogP contribution in [0.2, 0.25) is 0 Å². The van der Waals surface area contributed by atoms with Crippen LogP contribution in [0.25, 0.3) is 12.2 Å². The molecule has 0 radical (unpaired) electrons. The van der Waals surface area contributed by atoms with E-state index < -0.39 is 0 Å². The molecule has 0 spiro atoms. The highest BCUT2D eigenvalue weighted by Gasteiger charge is 2.04. The van der Waals surface area contributed by atoms with Crippen molar-refractivity contribution >= 4 is 44.0 Å². The largest absolute Gasteiger partial charge is 0.506 e. The van der Waals surface area contributed by atoms with Crippen molar-refractivity contribution in [3.63, 3.8) is 0 Å². The lowest BCUT2D eigenvalue weighted by molar-refractivity contribution is 0.430. The Bertz CT molecular complexity index is 615. The van der Waals surface area contributed by atoms with Crippen LogP contribution in [0.5, 0.6) is 11.8 Å². The van der Waals surface area contributed by atoms with Crippen LogP contribution < -0.4 is 0 Å². The number of benzene rings is 1. The highest BCUT2D eigenvalue weighted by Crippen LogP contribution is 2.32. The fraction of sp³-hybridized carbons (Fsp3) is 0. The van der Waals surface area contributed by atoms with Gasteiger partial charge >= 0.3 is 6.01 Å². The number of aromatic nitrogens is 2. The second kappa shape index (κ2) is 5.49. The van der Waals surface area contributed by atoms with Crippen LogP contribution in [-0.4, -0.2) is 20.2 Å². The van der Waals surface area contributed by atoms with E-state index in [2.05, 4.69) is 41.8 Å². The lowest BCUT2D eigenvalue weighted by Gasteiger charge is -2.03. The Labute approximate surface area is 120 Å². The first-order valence-corrected chi connectivity index (χ1v) is 6.53. The first-order chi connectivity index (χ1) is 8.56. The summed E-state index contributed by atoms with van der Waals surface area (Å²) in [6.45, 7) is 0. The van der Waals surface area contributed by atoms with Gasteiger partial charge in [0.2, 0.25) is 0 Å². The maximum Gasteiger partial charge on any atom is 0.314 e. The minimum absolute atomic E-state index is 0.146. The second-order valence-electron chi connectivity index (χ2n) is 3.44. The quantitative estimate of drug-likeness (QED) is 0.846. The molecule has 1 heterocycles. The number of phenolic OH excluding ortho intramolecular Hbond substituents is 1. The predicted octanol–water partition coefficient (Wildman–Crippen LogP) is 3.58. The van der Waals surface area contributed by atoms with Crippen molar-refractivity contribution in [1.29, 1.82) is 0 Å². The van der Waals surface area contributed by atoms with Gasteiger partial charge in [0.25, 0.3) is 0 Å². The fourth-order valence-corrected chi connectivity index (χ4v) is 2.60. The molecular weight excluding hydrogens is 364 g/mol. The Balaban J connectivity index is 2.34. The SMILES string of the molecule is Oc1nccc(/C=C/c2cc(Br)cc(Br)c2O)n1. The number of halogens is 2. The van der Waals surface area contributed by atoms with Crippen LogP contribution >= 0.6 is 31.9 Å². The molecule has 18 heavy (non-hydrogen) atoms. The third kappa shape index (κ3) is 3.08. The molecule has 2 rings (SSSR count). The van der Waals surface area contributed by atoms with Gasteiger partial charge in [0.1, 0.15) is 5.75 Å². The van der Waals surface area contributed by atoms with E-state index >= 15 is 0 Å². The van der Waals surface area contributed by atoms with Gasteiger partial charge in [-0.2, -0.15) is 4.98 Å². The van der Waals surface area contributed by atoms with Gasteiger partial charge in [0, 0.05) is 16.2 Å². The smallest absolute Gasteiger partial charge is 0.314 e. The van der Waals surface area contributed by atoms with Crippen LogP contribution in [0.1, 0.15) is 11.3 Å². The number of rotatable bonds is 2. The van der Waals surface area contributed by atoms with Crippen LogP contribution in [0, 0.1) is 0 Å². The number of hydrogen-bond acceptors (Lipinski definition) is 4. The predicted molar refractivity (Wildman–Crippen MR) is 76.1 cm³/mol. The lowest BCUT2D eigenvalue weighted by Crippen LogP contribution is -1.83. The number of phenols is 1. The normalized spacial score (nSPS) is 11.0. The molecule has 0 atom stereocenters. The molecular formula is C12H8Br2N2O2. The summed E-state index contributed by atoms with van der Waals surface area (Å²) in [6.07, 6.45) is 4.83. The van der Waals surface area contributed by atoms with Crippen molar-refractivity contribution in [3.8, 4) is 11.8 Å². The lowest BCUT2D eigenvalue weighted by atomic mass is 10.2. The summed E-state index contributed by atoms with van der Waals surface area (Å²) < 4.78 is 1.44. The third-order valence-electron chi connectivity index (χ3n) is 2.16. The topological polar surface area (TPSA) is 66.2 Å². The second-order valence-corrected chi connectivity index (χ2v) is 5.21. The van der Waals surface area contributed by atoms with Gasteiger partial charge in [-0.1, -0.05) is 15.9 Å². The minimum Gasteiger partial charge on any atom is -0.506 e. The van der Waals surface area contributed by atoms with Crippen molar-refractivity contribution in [3.05, 3.63) is 44.6 Å². The maximum absolute atomic E-state index is 9.85. The molecule has 2 N–H and O–H groups in total. The Hall–Kier alpha value is -1.40. The molecule has 1 aromatic carbocycles. The summed E-state index contributed by atoms with van der Waals surface area (Å²) >= 11 is 6.60. The minimum atomic E-state index is -0.281. The molecule has 0 fully saturated rings. The molecule has 0 bridgehead atoms. The van der Waals surface area contributed by atoms with Gasteiger partial charge in [-0.05, 0) is 46.3 Å². The summed E-state index contributed by atoms with van der Waals surface area (Å²) in [7, 11) is 0. The van der Waals surface area contributed by atoms with Crippen LogP contribution in [0.15, 0.2) is 33.3 Å². The van der Waals surface area contributed by atoms with E-state index in [-0.39, 0.29) is 11.8 Å². The number of hydrogen-bond donors (Lipinski definition) is 2. The van der Waals surface area contributed by atoms with Crippen LogP contribution in [0.3, 0.4) is 0 Å². The monoisotopic (exact) mass is 370 g/mol. The molecule has 4 nitrogen and oxygen atoms in total. The zero-order valence-corrected chi connectivity index (χ0v) is 12.2. The first-order valence-electron chi connectivity index (χ1n) is 4.94. The Morgan fingerprint density at radius 1 is 1.11 bits per heavy atom. The molecule has 0 aliphatic heterocycles. The molecule has 0 aliphatic carbocycles. The van der Waals surface area contributed by atoms with Gasteiger partial charge in [0.15, 0.2) is 0 Å². The fourth-order valence-electron chi connectivity index (χ4n) is 1.34. The van der Waals surface area contributed by atoms with Gasteiger partial charge in [-0.25, -0.2) is 4.98 Å². The standard InChI is InChI=1S/C12H8Br2N2O2/c13-8-5-7(11(17)10(14)6-8)1-2-9-3-4-15-12(18)16-9/h1-6,17H,(H,15,16,18)/b2-1+. The van der Waals surface area contributed by atoms with E-state index in [0.29, 0.717) is 15.7 Å². The summed E-state index contributed by atoms with van der Waals surface area (Å²) in [5.74, 6) is 0.146. The Morgan fingerprint density at radius 2 is 1.89 bits per heavy atom. The van der Waals surface area contributed by atoms with Gasteiger partial charge < -0.3 is 10.2 Å². The Morgan fingerprint density at radius 3 is 2.61 bits per heavy atom. The van der Waals surface area contributed by atoms with Crippen molar-refractivity contribution < 1.29 is 10.2 Å². The average molecular weight is 372 g/mol. The van der Waals surface area contributed by atoms with Crippen LogP contribution in [-0.2, 0) is 0 Å². The number of nitrogens with zero attached hydrogens (tertiary/aromatic N) is 2. The summed E-state index contributed by atoms with van der Waals surface area (Å²) in [5, 5.41) is 19.0. The zero-order chi connectivity index (χ0) is 13.1. The van der Waals surface area contributed by atoms with Crippen molar-refractivity contribution in [2.24, 2.45) is 0 Å². The highest BCUT2D eigenvalue weighted by atomic mass is 79.9. The highest BCUT2D eigenvalue weighted by molar-refractivity contribution is 9.11. The molecule has 92 valence electrons. The molecule has 0 saturated carbocycles. The maximum atomic E-state index is 9.85. The van der Waals surface area contributed by atoms with Gasteiger partial charge in [0.05, 0.1) is 10.2 Å². The molecule has 0 aliphatic rings. The first kappa shape index (κ1) is 13.0. The van der Waals surface area contributed by atoms with E-state index in [9.17, 15) is 5.11 Å². The van der Waals surface area contributed by atoms with Crippen molar-refractivity contribution in [2.45, 2.75) is 0 Å². The Kier molecular flexibility index (Phi) is 3.98. The molecule has 6 heteroatoms. The molecule has 2 aromatic rings. The third-order valence-corrected chi connectivity index (χ3v) is 3.22. The molecule has 0 amide bonds. The van der Waals surface area contributed by atoms with Gasteiger partial charge in [-0.3, -0.25) is 0 Å². The van der Waals surface area contributed by atoms with E-state index in [4.69, 9.17) is 5.11 Å². The van der Waals surface area contributed by atoms with Crippen molar-refractivity contribution in [1.82, 2.24) is 9.97 Å². The van der Waals surface area contributed by atoms with E-state index in [0.717, 1.165) is 4.47 Å². The van der Waals surface area contributed by atoms with E-state index in [1.807, 2.05) is 0 Å². The van der Waals surface area contributed by atoms with Crippen molar-refractivity contribution in [2.75, 3.05) is 0 Å². The molecule has 0 unspecified atom stereocenters. The molecule has 1 aromatic heterocycles. The summed E-state index contributed by atoms with van der Waals surface area (Å²) in [6, 6.07) is 4.90. The number of aromatic hydroxyl groups is 2. The molecule has 0 saturated heterocycles. The van der Waals surface area contributed by atoms with Gasteiger partial charge in [-0.15, -0.1) is 0 Å².